The lowest BCUT2D eigenvalue weighted by Gasteiger charge is -2.12. The van der Waals surface area contributed by atoms with Gasteiger partial charge in [0.15, 0.2) is 9.84 Å². The molecule has 0 saturated heterocycles. The van der Waals surface area contributed by atoms with Gasteiger partial charge in [0.2, 0.25) is 0 Å². The number of carbonyl (C=O) groups is 2. The molecule has 1 aliphatic rings. The minimum Gasteiger partial charge on any atom is -0.478 e. The van der Waals surface area contributed by atoms with Crippen LogP contribution in [0.4, 0.5) is 10.5 Å². The van der Waals surface area contributed by atoms with Crippen LogP contribution in [0.2, 0.25) is 0 Å². The standard InChI is InChI=1S/C12H12N2O5S/c15-11(16)9-3-1-2-4-10(9)14-12(17)13-8-5-6-20(18,19)7-8/h1-6,8H,7H2,(H,15,16)(H2,13,14,17). The van der Waals surface area contributed by atoms with E-state index in [0.29, 0.717) is 0 Å². The van der Waals surface area contributed by atoms with Crippen LogP contribution in [-0.2, 0) is 9.84 Å². The number of carbonyl (C=O) groups excluding carboxylic acids is 1. The third-order valence-electron chi connectivity index (χ3n) is 2.65. The van der Waals surface area contributed by atoms with E-state index in [1.165, 1.54) is 18.2 Å². The summed E-state index contributed by atoms with van der Waals surface area (Å²) < 4.78 is 22.4. The highest BCUT2D eigenvalue weighted by Gasteiger charge is 2.23. The van der Waals surface area contributed by atoms with E-state index in [1.54, 1.807) is 12.1 Å². The molecule has 3 N–H and O–H groups in total. The molecule has 8 heteroatoms. The summed E-state index contributed by atoms with van der Waals surface area (Å²) in [5.41, 5.74) is 0.0968. The molecule has 0 aliphatic carbocycles. The van der Waals surface area contributed by atoms with Gasteiger partial charge in [-0.05, 0) is 18.2 Å². The number of anilines is 1. The number of benzene rings is 1. The third kappa shape index (κ3) is 3.35. The molecule has 106 valence electrons. The van der Waals surface area contributed by atoms with Gasteiger partial charge in [0, 0.05) is 5.41 Å². The monoisotopic (exact) mass is 296 g/mol. The maximum atomic E-state index is 11.7. The first-order valence-corrected chi connectivity index (χ1v) is 7.40. The molecular formula is C12H12N2O5S. The molecule has 1 aromatic rings. The number of amides is 2. The van der Waals surface area contributed by atoms with Crippen molar-refractivity contribution in [1.82, 2.24) is 5.32 Å². The summed E-state index contributed by atoms with van der Waals surface area (Å²) in [5.74, 6) is -1.36. The first kappa shape index (κ1) is 14.1. The van der Waals surface area contributed by atoms with Gasteiger partial charge in [-0.15, -0.1) is 0 Å². The Morgan fingerprint density at radius 2 is 1.95 bits per heavy atom. The molecule has 7 nitrogen and oxygen atoms in total. The minimum atomic E-state index is -3.25. The summed E-state index contributed by atoms with van der Waals surface area (Å²) >= 11 is 0. The SMILES string of the molecule is O=C(Nc1ccccc1C(=O)O)NC1C=CS(=O)(=O)C1. The number of para-hydroxylation sites is 1. The van der Waals surface area contributed by atoms with Crippen LogP contribution in [0, 0.1) is 0 Å². The van der Waals surface area contributed by atoms with E-state index in [0.717, 1.165) is 5.41 Å². The molecule has 1 atom stereocenters. The van der Waals surface area contributed by atoms with Crippen molar-refractivity contribution in [1.29, 1.82) is 0 Å². The number of carboxylic acid groups (broad SMARTS) is 1. The van der Waals surface area contributed by atoms with Crippen LogP contribution >= 0.6 is 0 Å². The Morgan fingerprint density at radius 3 is 2.55 bits per heavy atom. The first-order chi connectivity index (χ1) is 9.37. The van der Waals surface area contributed by atoms with Gasteiger partial charge in [-0.3, -0.25) is 0 Å². The van der Waals surface area contributed by atoms with E-state index in [4.69, 9.17) is 5.11 Å². The molecule has 20 heavy (non-hydrogen) atoms. The molecule has 0 aromatic heterocycles. The molecule has 2 rings (SSSR count). The Balaban J connectivity index is 2.03. The number of sulfone groups is 1. The molecule has 0 spiro atoms. The van der Waals surface area contributed by atoms with E-state index >= 15 is 0 Å². The van der Waals surface area contributed by atoms with Crippen molar-refractivity contribution < 1.29 is 23.1 Å². The summed E-state index contributed by atoms with van der Waals surface area (Å²) in [7, 11) is -3.25. The van der Waals surface area contributed by atoms with Gasteiger partial charge in [0.25, 0.3) is 0 Å². The summed E-state index contributed by atoms with van der Waals surface area (Å²) in [4.78, 5) is 22.7. The number of nitrogens with one attached hydrogen (secondary N) is 2. The van der Waals surface area contributed by atoms with Crippen molar-refractivity contribution in [3.8, 4) is 0 Å². The van der Waals surface area contributed by atoms with Gasteiger partial charge in [-0.25, -0.2) is 18.0 Å². The lowest BCUT2D eigenvalue weighted by Crippen LogP contribution is -2.38. The van der Waals surface area contributed by atoms with E-state index in [9.17, 15) is 18.0 Å². The second-order valence-corrected chi connectivity index (χ2v) is 6.14. The highest BCUT2D eigenvalue weighted by atomic mass is 32.2. The third-order valence-corrected chi connectivity index (χ3v) is 4.05. The van der Waals surface area contributed by atoms with Crippen LogP contribution in [0.25, 0.3) is 0 Å². The zero-order chi connectivity index (χ0) is 14.8. The maximum Gasteiger partial charge on any atom is 0.337 e. The molecule has 2 amide bonds. The van der Waals surface area contributed by atoms with Gasteiger partial charge in [-0.1, -0.05) is 12.1 Å². The summed E-state index contributed by atoms with van der Waals surface area (Å²) in [6.45, 7) is 0. The smallest absolute Gasteiger partial charge is 0.337 e. The predicted octanol–water partition coefficient (Wildman–Crippen LogP) is 0.817. The van der Waals surface area contributed by atoms with Crippen molar-refractivity contribution >= 4 is 27.5 Å². The minimum absolute atomic E-state index is 0.0442. The first-order valence-electron chi connectivity index (χ1n) is 5.68. The van der Waals surface area contributed by atoms with Crippen LogP contribution < -0.4 is 10.6 Å². The van der Waals surface area contributed by atoms with E-state index in [1.807, 2.05) is 0 Å². The van der Waals surface area contributed by atoms with Gasteiger partial charge >= 0.3 is 12.0 Å². The van der Waals surface area contributed by atoms with E-state index < -0.39 is 27.9 Å². The molecule has 0 bridgehead atoms. The Kier molecular flexibility index (Phi) is 3.75. The fourth-order valence-corrected chi connectivity index (χ4v) is 3.01. The summed E-state index contributed by atoms with van der Waals surface area (Å²) in [6.07, 6.45) is 1.37. The van der Waals surface area contributed by atoms with Crippen LogP contribution in [0.3, 0.4) is 0 Å². The molecular weight excluding hydrogens is 284 g/mol. The second-order valence-electron chi connectivity index (χ2n) is 4.21. The van der Waals surface area contributed by atoms with E-state index in [-0.39, 0.29) is 17.0 Å². The molecule has 1 unspecified atom stereocenters. The van der Waals surface area contributed by atoms with Gasteiger partial charge in [0.05, 0.1) is 23.0 Å². The fourth-order valence-electron chi connectivity index (χ4n) is 1.77. The summed E-state index contributed by atoms with van der Waals surface area (Å²) in [6, 6.07) is 4.66. The van der Waals surface area contributed by atoms with E-state index in [2.05, 4.69) is 10.6 Å². The Labute approximate surface area is 115 Å². The molecule has 1 heterocycles. The van der Waals surface area contributed by atoms with Crippen molar-refractivity contribution in [2.45, 2.75) is 6.04 Å². The van der Waals surface area contributed by atoms with Crippen LogP contribution in [0.1, 0.15) is 10.4 Å². The molecule has 1 aromatic carbocycles. The molecule has 1 aliphatic heterocycles. The second kappa shape index (κ2) is 5.33. The molecule has 0 saturated carbocycles. The predicted molar refractivity (Wildman–Crippen MR) is 72.3 cm³/mol. The number of hydrogen-bond donors (Lipinski definition) is 3. The Hall–Kier alpha value is -2.35. The number of aromatic carboxylic acids is 1. The average Bonchev–Trinajstić information content (AvgIpc) is 2.68. The Morgan fingerprint density at radius 1 is 1.25 bits per heavy atom. The van der Waals surface area contributed by atoms with Crippen molar-refractivity contribution in [3.63, 3.8) is 0 Å². The number of urea groups is 1. The zero-order valence-electron chi connectivity index (χ0n) is 10.2. The largest absolute Gasteiger partial charge is 0.478 e. The highest BCUT2D eigenvalue weighted by molar-refractivity contribution is 7.94. The molecule has 0 fully saturated rings. The number of rotatable bonds is 3. The van der Waals surface area contributed by atoms with Crippen molar-refractivity contribution in [2.24, 2.45) is 0 Å². The van der Waals surface area contributed by atoms with Crippen LogP contribution in [-0.4, -0.2) is 37.3 Å². The van der Waals surface area contributed by atoms with Gasteiger partial charge in [-0.2, -0.15) is 0 Å². The highest BCUT2D eigenvalue weighted by Crippen LogP contribution is 2.15. The molecule has 0 radical (unpaired) electrons. The normalized spacial score (nSPS) is 19.5. The number of hydrogen-bond acceptors (Lipinski definition) is 4. The van der Waals surface area contributed by atoms with Crippen LogP contribution in [0.15, 0.2) is 35.7 Å². The summed E-state index contributed by atoms with van der Waals surface area (Å²) in [5, 5.41) is 14.8. The lowest BCUT2D eigenvalue weighted by molar-refractivity contribution is 0.0698. The fraction of sp³-hybridized carbons (Fsp3) is 0.167. The Bertz CT molecular complexity index is 681. The topological polar surface area (TPSA) is 113 Å². The quantitative estimate of drug-likeness (QED) is 0.764. The number of carboxylic acids is 1. The zero-order valence-corrected chi connectivity index (χ0v) is 11.1. The van der Waals surface area contributed by atoms with Crippen molar-refractivity contribution in [2.75, 3.05) is 11.1 Å². The lowest BCUT2D eigenvalue weighted by atomic mass is 10.2. The van der Waals surface area contributed by atoms with Crippen LogP contribution in [0.5, 0.6) is 0 Å². The van der Waals surface area contributed by atoms with Gasteiger partial charge in [0.1, 0.15) is 0 Å². The average molecular weight is 296 g/mol. The van der Waals surface area contributed by atoms with Gasteiger partial charge < -0.3 is 15.7 Å². The van der Waals surface area contributed by atoms with Crippen molar-refractivity contribution in [3.05, 3.63) is 41.3 Å². The maximum absolute atomic E-state index is 11.7.